The molecule has 4 aromatic heterocycles. The summed E-state index contributed by atoms with van der Waals surface area (Å²) in [6.07, 6.45) is 1.51. The highest BCUT2D eigenvalue weighted by atomic mass is 32.1. The van der Waals surface area contributed by atoms with E-state index < -0.39 is 17.3 Å². The highest BCUT2D eigenvalue weighted by Gasteiger charge is 2.22. The average molecular weight is 358 g/mol. The quantitative estimate of drug-likeness (QED) is 0.545. The summed E-state index contributed by atoms with van der Waals surface area (Å²) in [5, 5.41) is 10.1. The van der Waals surface area contributed by atoms with Crippen molar-refractivity contribution in [2.75, 3.05) is 0 Å². The van der Waals surface area contributed by atoms with Gasteiger partial charge in [0.15, 0.2) is 11.2 Å². The zero-order chi connectivity index (χ0) is 17.7. The van der Waals surface area contributed by atoms with Gasteiger partial charge in [-0.15, -0.1) is 21.5 Å². The van der Waals surface area contributed by atoms with E-state index in [0.717, 1.165) is 9.44 Å². The predicted octanol–water partition coefficient (Wildman–Crippen LogP) is 1.15. The van der Waals surface area contributed by atoms with Gasteiger partial charge in [-0.3, -0.25) is 13.9 Å². The maximum Gasteiger partial charge on any atom is 0.332 e. The second-order valence-electron chi connectivity index (χ2n) is 5.63. The lowest BCUT2D eigenvalue weighted by Gasteiger charge is -2.10. The fourth-order valence-corrected chi connectivity index (χ4v) is 3.32. The van der Waals surface area contributed by atoms with Gasteiger partial charge in [0.2, 0.25) is 5.89 Å². The molecule has 0 saturated heterocycles. The van der Waals surface area contributed by atoms with Crippen LogP contribution in [-0.4, -0.2) is 28.9 Å². The number of hydrogen-bond donors (Lipinski definition) is 0. The van der Waals surface area contributed by atoms with Crippen molar-refractivity contribution < 1.29 is 4.42 Å². The minimum atomic E-state index is -0.423. The van der Waals surface area contributed by atoms with Gasteiger partial charge in [0.1, 0.15) is 6.04 Å². The summed E-state index contributed by atoms with van der Waals surface area (Å²) in [6.45, 7) is 1.83. The van der Waals surface area contributed by atoms with Crippen molar-refractivity contribution in [1.29, 1.82) is 0 Å². The molecule has 0 amide bonds. The van der Waals surface area contributed by atoms with Crippen molar-refractivity contribution in [2.24, 2.45) is 14.1 Å². The highest BCUT2D eigenvalue weighted by molar-refractivity contribution is 7.13. The standard InChI is InChI=1S/C15H14N6O3S/c1-8(12-17-18-13(24-12)9-5-4-6-25-9)21-7-16-11-10(21)14(22)20(3)15(23)19(11)2/h4-8H,1-3H3/t8-/m0/s1. The molecule has 0 radical (unpaired) electrons. The minimum absolute atomic E-state index is 0.313. The first-order valence-corrected chi connectivity index (χ1v) is 8.37. The largest absolute Gasteiger partial charge is 0.418 e. The Labute approximate surface area is 144 Å². The fraction of sp³-hybridized carbons (Fsp3) is 0.267. The predicted molar refractivity (Wildman–Crippen MR) is 91.6 cm³/mol. The van der Waals surface area contributed by atoms with Crippen LogP contribution < -0.4 is 11.2 Å². The Hall–Kier alpha value is -3.01. The fourth-order valence-electron chi connectivity index (χ4n) is 2.68. The van der Waals surface area contributed by atoms with E-state index in [4.69, 9.17) is 4.42 Å². The van der Waals surface area contributed by atoms with Crippen molar-refractivity contribution in [1.82, 2.24) is 28.9 Å². The van der Waals surface area contributed by atoms with Crippen molar-refractivity contribution in [2.45, 2.75) is 13.0 Å². The molecule has 0 unspecified atom stereocenters. The van der Waals surface area contributed by atoms with E-state index >= 15 is 0 Å². The summed E-state index contributed by atoms with van der Waals surface area (Å²) < 4.78 is 9.78. The third-order valence-electron chi connectivity index (χ3n) is 4.12. The number of thiophene rings is 1. The number of aryl methyl sites for hydroxylation is 1. The summed E-state index contributed by atoms with van der Waals surface area (Å²) in [5.41, 5.74) is -0.209. The van der Waals surface area contributed by atoms with Crippen LogP contribution in [0, 0.1) is 0 Å². The van der Waals surface area contributed by atoms with Crippen LogP contribution in [0.4, 0.5) is 0 Å². The van der Waals surface area contributed by atoms with E-state index in [1.807, 2.05) is 24.4 Å². The van der Waals surface area contributed by atoms with Crippen LogP contribution in [0.2, 0.25) is 0 Å². The van der Waals surface area contributed by atoms with Crippen LogP contribution >= 0.6 is 11.3 Å². The van der Waals surface area contributed by atoms with Crippen LogP contribution in [0.3, 0.4) is 0 Å². The number of aromatic nitrogens is 6. The van der Waals surface area contributed by atoms with Crippen molar-refractivity contribution in [3.8, 4) is 10.8 Å². The van der Waals surface area contributed by atoms with Gasteiger partial charge in [0.25, 0.3) is 11.4 Å². The molecule has 4 rings (SSSR count). The molecule has 9 nitrogen and oxygen atoms in total. The van der Waals surface area contributed by atoms with E-state index in [-0.39, 0.29) is 0 Å². The molecule has 0 fully saturated rings. The first-order valence-electron chi connectivity index (χ1n) is 7.49. The highest BCUT2D eigenvalue weighted by Crippen LogP contribution is 2.26. The molecule has 0 saturated carbocycles. The van der Waals surface area contributed by atoms with E-state index in [9.17, 15) is 9.59 Å². The van der Waals surface area contributed by atoms with Crippen molar-refractivity contribution in [3.63, 3.8) is 0 Å². The average Bonchev–Trinajstić information content (AvgIpc) is 3.36. The van der Waals surface area contributed by atoms with Crippen LogP contribution in [0.1, 0.15) is 18.9 Å². The summed E-state index contributed by atoms with van der Waals surface area (Å²) >= 11 is 1.50. The third kappa shape index (κ3) is 2.25. The molecule has 25 heavy (non-hydrogen) atoms. The molecular weight excluding hydrogens is 344 g/mol. The van der Waals surface area contributed by atoms with Gasteiger partial charge in [-0.05, 0) is 18.4 Å². The Morgan fingerprint density at radius 1 is 1.20 bits per heavy atom. The Morgan fingerprint density at radius 3 is 2.72 bits per heavy atom. The topological polar surface area (TPSA) is 101 Å². The van der Waals surface area contributed by atoms with Crippen LogP contribution in [-0.2, 0) is 14.1 Å². The maximum atomic E-state index is 12.5. The lowest BCUT2D eigenvalue weighted by atomic mass is 10.3. The maximum absolute atomic E-state index is 12.5. The summed E-state index contributed by atoms with van der Waals surface area (Å²) in [6, 6.07) is 3.39. The number of nitrogens with zero attached hydrogens (tertiary/aromatic N) is 6. The summed E-state index contributed by atoms with van der Waals surface area (Å²) in [7, 11) is 3.02. The molecule has 0 N–H and O–H groups in total. The first-order chi connectivity index (χ1) is 12.0. The first kappa shape index (κ1) is 15.5. The molecule has 1 atom stereocenters. The molecule has 10 heteroatoms. The molecule has 0 aliphatic carbocycles. The Bertz CT molecular complexity index is 1180. The lowest BCUT2D eigenvalue weighted by molar-refractivity contribution is 0.442. The van der Waals surface area contributed by atoms with Crippen molar-refractivity contribution >= 4 is 22.5 Å². The third-order valence-corrected chi connectivity index (χ3v) is 4.98. The number of fused-ring (bicyclic) bond motifs is 1. The lowest BCUT2D eigenvalue weighted by Crippen LogP contribution is -2.37. The number of hydrogen-bond acceptors (Lipinski definition) is 7. The van der Waals surface area contributed by atoms with Gasteiger partial charge in [-0.1, -0.05) is 6.07 Å². The van der Waals surface area contributed by atoms with Gasteiger partial charge in [0, 0.05) is 14.1 Å². The van der Waals surface area contributed by atoms with Gasteiger partial charge in [-0.25, -0.2) is 9.78 Å². The molecular formula is C15H14N6O3S. The SMILES string of the molecule is C[C@@H](c1nnc(-c2cccs2)o1)n1cnc2c1c(=O)n(C)c(=O)n2C. The van der Waals surface area contributed by atoms with Gasteiger partial charge < -0.3 is 8.98 Å². The summed E-state index contributed by atoms with van der Waals surface area (Å²) in [4.78, 5) is 29.6. The number of imidazole rings is 1. The van der Waals surface area contributed by atoms with Crippen LogP contribution in [0.25, 0.3) is 21.9 Å². The monoisotopic (exact) mass is 358 g/mol. The number of rotatable bonds is 3. The van der Waals surface area contributed by atoms with E-state index in [1.165, 1.54) is 29.3 Å². The summed E-state index contributed by atoms with van der Waals surface area (Å²) in [5.74, 6) is 0.792. The second-order valence-corrected chi connectivity index (χ2v) is 6.58. The van der Waals surface area contributed by atoms with Gasteiger partial charge in [-0.2, -0.15) is 0 Å². The molecule has 4 heterocycles. The molecule has 0 bridgehead atoms. The van der Waals surface area contributed by atoms with Crippen LogP contribution in [0.5, 0.6) is 0 Å². The second kappa shape index (κ2) is 5.52. The van der Waals surface area contributed by atoms with Crippen molar-refractivity contribution in [3.05, 3.63) is 50.6 Å². The van der Waals surface area contributed by atoms with E-state index in [1.54, 1.807) is 11.6 Å². The molecule has 4 aromatic rings. The zero-order valence-electron chi connectivity index (χ0n) is 13.7. The smallest absolute Gasteiger partial charge is 0.332 e. The van der Waals surface area contributed by atoms with Crippen LogP contribution in [0.15, 0.2) is 37.8 Å². The zero-order valence-corrected chi connectivity index (χ0v) is 14.5. The molecule has 0 spiro atoms. The normalized spacial score (nSPS) is 12.8. The van der Waals surface area contributed by atoms with Gasteiger partial charge in [0.05, 0.1) is 11.2 Å². The molecule has 128 valence electrons. The Balaban J connectivity index is 1.85. The molecule has 0 aromatic carbocycles. The Morgan fingerprint density at radius 2 is 2.00 bits per heavy atom. The van der Waals surface area contributed by atoms with Gasteiger partial charge >= 0.3 is 5.69 Å². The Kier molecular flexibility index (Phi) is 3.42. The molecule has 0 aliphatic rings. The van der Waals surface area contributed by atoms with E-state index in [2.05, 4.69) is 15.2 Å². The van der Waals surface area contributed by atoms with E-state index in [0.29, 0.717) is 22.9 Å². The molecule has 0 aliphatic heterocycles. The minimum Gasteiger partial charge on any atom is -0.418 e.